The molecule has 0 bridgehead atoms. The molecule has 4 rings (SSSR count). The number of aryl methyl sites for hydroxylation is 1. The summed E-state index contributed by atoms with van der Waals surface area (Å²) in [6, 6.07) is 32.4. The van der Waals surface area contributed by atoms with Gasteiger partial charge < -0.3 is 0 Å². The second-order valence-electron chi connectivity index (χ2n) is 5.97. The van der Waals surface area contributed by atoms with Crippen LogP contribution in [0.1, 0.15) is 5.30 Å². The Morgan fingerprint density at radius 2 is 0.920 bits per heavy atom. The highest BCUT2D eigenvalue weighted by atomic mass is 79.9. The predicted octanol–water partition coefficient (Wildman–Crippen LogP) is 7.61. The number of hydrogen-bond acceptors (Lipinski definition) is 0. The molecule has 0 aliphatic heterocycles. The van der Waals surface area contributed by atoms with Crippen LogP contribution < -0.4 is 0 Å². The van der Waals surface area contributed by atoms with Crippen LogP contribution in [-0.2, 0) is 0 Å². The minimum atomic E-state index is 0. The lowest BCUT2D eigenvalue weighted by Crippen LogP contribution is -1.84. The minimum absolute atomic E-state index is 0. The van der Waals surface area contributed by atoms with Crippen molar-refractivity contribution in [1.82, 2.24) is 0 Å². The molecule has 0 radical (unpaired) electrons. The lowest BCUT2D eigenvalue weighted by atomic mass is 9.93. The fraction of sp³-hybridized carbons (Fsp3) is 0.0435. The van der Waals surface area contributed by atoms with E-state index in [9.17, 15) is 0 Å². The lowest BCUT2D eigenvalue weighted by Gasteiger charge is -2.10. The van der Waals surface area contributed by atoms with Crippen molar-refractivity contribution in [3.05, 3.63) is 96.3 Å². The summed E-state index contributed by atoms with van der Waals surface area (Å²) < 4.78 is 0. The van der Waals surface area contributed by atoms with Crippen LogP contribution >= 0.6 is 25.2 Å². The van der Waals surface area contributed by atoms with Gasteiger partial charge in [-0.2, -0.15) is 0 Å². The molecule has 0 saturated heterocycles. The van der Waals surface area contributed by atoms with Crippen LogP contribution in [0, 0.1) is 6.92 Å². The van der Waals surface area contributed by atoms with Crippen molar-refractivity contribution in [3.8, 4) is 33.1 Å². The Kier molecular flexibility index (Phi) is 5.58. The summed E-state index contributed by atoms with van der Waals surface area (Å²) in [4.78, 5) is 0. The van der Waals surface area contributed by atoms with Gasteiger partial charge in [-0.25, -0.2) is 0 Å². The Morgan fingerprint density at radius 1 is 0.520 bits per heavy atom. The van der Waals surface area contributed by atoms with Gasteiger partial charge in [-0.3, -0.25) is 0 Å². The van der Waals surface area contributed by atoms with Crippen molar-refractivity contribution in [2.45, 2.75) is 6.92 Å². The van der Waals surface area contributed by atoms with E-state index in [1.54, 1.807) is 0 Å². The fourth-order valence-electron chi connectivity index (χ4n) is 3.31. The molecule has 1 heterocycles. The van der Waals surface area contributed by atoms with Crippen molar-refractivity contribution in [3.63, 3.8) is 0 Å². The number of benzene rings is 3. The zero-order chi connectivity index (χ0) is 16.4. The monoisotopic (exact) mass is 406 g/mol. The van der Waals surface area contributed by atoms with Gasteiger partial charge in [0.15, 0.2) is 0 Å². The molecule has 0 aliphatic rings. The van der Waals surface area contributed by atoms with Crippen LogP contribution in [-0.4, -0.2) is 0 Å². The third-order valence-electron chi connectivity index (χ3n) is 4.37. The van der Waals surface area contributed by atoms with Crippen LogP contribution in [0.4, 0.5) is 0 Å². The molecular weight excluding hydrogens is 387 g/mol. The largest absolute Gasteiger partial charge is 0.127 e. The Hall–Kier alpha value is -2.08. The van der Waals surface area contributed by atoms with Gasteiger partial charge >= 0.3 is 0 Å². The molecule has 0 N–H and O–H groups in total. The van der Waals surface area contributed by atoms with Gasteiger partial charge in [-0.05, 0) is 34.5 Å². The molecule has 0 spiro atoms. The molecule has 0 saturated carbocycles. The lowest BCUT2D eigenvalue weighted by molar-refractivity contribution is 1.56. The predicted molar refractivity (Wildman–Crippen MR) is 117 cm³/mol. The van der Waals surface area contributed by atoms with Gasteiger partial charge in [0.05, 0.1) is 0 Å². The number of hydrogen-bond donors (Lipinski definition) is 0. The van der Waals surface area contributed by atoms with E-state index in [1.807, 2.05) is 0 Å². The summed E-state index contributed by atoms with van der Waals surface area (Å²) >= 11 is 0. The Morgan fingerprint density at radius 3 is 1.40 bits per heavy atom. The van der Waals surface area contributed by atoms with E-state index in [-0.39, 0.29) is 17.0 Å². The van der Waals surface area contributed by atoms with Gasteiger partial charge in [0.2, 0.25) is 0 Å². The second-order valence-corrected chi connectivity index (χ2v) is 7.47. The molecule has 25 heavy (non-hydrogen) atoms. The molecular formula is C23H20BrP. The molecule has 0 nitrogen and oxygen atoms in total. The summed E-state index contributed by atoms with van der Waals surface area (Å²) in [6.07, 6.45) is 0. The van der Waals surface area contributed by atoms with Crippen molar-refractivity contribution < 1.29 is 0 Å². The van der Waals surface area contributed by atoms with Gasteiger partial charge in [0.25, 0.3) is 0 Å². The highest BCUT2D eigenvalue weighted by Gasteiger charge is 2.18. The Labute approximate surface area is 161 Å². The maximum Gasteiger partial charge on any atom is 0.00691 e. The standard InChI is InChI=1S/C23H19P.BrH/c1-17-21(18-11-5-2-6-12-18)22(19-13-7-3-8-14-19)23(24-17)20-15-9-4-10-16-20;/h2-16,24H,1H3;1H. The molecule has 0 fully saturated rings. The summed E-state index contributed by atoms with van der Waals surface area (Å²) in [5.41, 5.74) is 6.75. The van der Waals surface area contributed by atoms with Crippen molar-refractivity contribution in [2.75, 3.05) is 0 Å². The van der Waals surface area contributed by atoms with Crippen molar-refractivity contribution in [1.29, 1.82) is 0 Å². The Balaban J connectivity index is 0.00000182. The van der Waals surface area contributed by atoms with E-state index in [0.717, 1.165) is 8.19 Å². The highest BCUT2D eigenvalue weighted by molar-refractivity contribution is 8.93. The second kappa shape index (κ2) is 7.87. The molecule has 124 valence electrons. The minimum Gasteiger partial charge on any atom is -0.127 e. The van der Waals surface area contributed by atoms with E-state index in [0.29, 0.717) is 0 Å². The molecule has 1 atom stereocenters. The van der Waals surface area contributed by atoms with Gasteiger partial charge in [-0.1, -0.05) is 91.0 Å². The average molecular weight is 407 g/mol. The van der Waals surface area contributed by atoms with E-state index in [2.05, 4.69) is 97.9 Å². The van der Waals surface area contributed by atoms with Crippen LogP contribution in [0.2, 0.25) is 0 Å². The Bertz CT molecular complexity index is 942. The van der Waals surface area contributed by atoms with Gasteiger partial charge in [0.1, 0.15) is 0 Å². The summed E-state index contributed by atoms with van der Waals surface area (Å²) in [7, 11) is 0.722. The molecule has 1 aromatic heterocycles. The molecule has 3 aromatic carbocycles. The maximum absolute atomic E-state index is 2.28. The fourth-order valence-corrected chi connectivity index (χ4v) is 4.78. The first-order valence-corrected chi connectivity index (χ1v) is 9.23. The van der Waals surface area contributed by atoms with E-state index in [4.69, 9.17) is 0 Å². The highest BCUT2D eigenvalue weighted by Crippen LogP contribution is 2.50. The van der Waals surface area contributed by atoms with Crippen molar-refractivity contribution in [2.24, 2.45) is 0 Å². The number of halogens is 1. The third-order valence-corrected chi connectivity index (χ3v) is 5.79. The van der Waals surface area contributed by atoms with E-state index < -0.39 is 0 Å². The third kappa shape index (κ3) is 3.49. The smallest absolute Gasteiger partial charge is 0.00691 e. The molecule has 2 heteroatoms. The molecule has 0 aliphatic carbocycles. The van der Waals surface area contributed by atoms with Crippen LogP contribution in [0.3, 0.4) is 0 Å². The first-order chi connectivity index (χ1) is 11.8. The molecule has 1 unspecified atom stereocenters. The first-order valence-electron chi connectivity index (χ1n) is 8.23. The van der Waals surface area contributed by atoms with Crippen LogP contribution in [0.25, 0.3) is 33.1 Å². The van der Waals surface area contributed by atoms with E-state index in [1.165, 1.54) is 38.4 Å². The first kappa shape index (κ1) is 17.7. The number of rotatable bonds is 3. The molecule has 4 aromatic rings. The van der Waals surface area contributed by atoms with Crippen molar-refractivity contribution >= 4 is 25.2 Å². The average Bonchev–Trinajstić information content (AvgIpc) is 3.01. The normalized spacial score (nSPS) is 10.6. The summed E-state index contributed by atoms with van der Waals surface area (Å²) in [6.45, 7) is 2.28. The quantitative estimate of drug-likeness (QED) is 0.328. The SMILES string of the molecule is Br.Cc1[pH]c(-c2ccccc2)c(-c2ccccc2)c1-c1ccccc1. The van der Waals surface area contributed by atoms with E-state index >= 15 is 0 Å². The van der Waals surface area contributed by atoms with Crippen LogP contribution in [0.15, 0.2) is 91.0 Å². The summed E-state index contributed by atoms with van der Waals surface area (Å²) in [5.74, 6) is 0. The van der Waals surface area contributed by atoms with Gasteiger partial charge in [0, 0.05) is 10.9 Å². The summed E-state index contributed by atoms with van der Waals surface area (Å²) in [5, 5.41) is 2.93. The zero-order valence-electron chi connectivity index (χ0n) is 14.1. The zero-order valence-corrected chi connectivity index (χ0v) is 16.8. The maximum atomic E-state index is 2.28. The van der Waals surface area contributed by atoms with Crippen LogP contribution in [0.5, 0.6) is 0 Å². The topological polar surface area (TPSA) is 0 Å². The molecule has 0 amide bonds. The van der Waals surface area contributed by atoms with Gasteiger partial charge in [-0.15, -0.1) is 25.2 Å².